The summed E-state index contributed by atoms with van der Waals surface area (Å²) in [4.78, 5) is 22.8. The molecule has 2 aliphatic heterocycles. The van der Waals surface area contributed by atoms with Crippen molar-refractivity contribution in [3.8, 4) is 5.88 Å². The lowest BCUT2D eigenvalue weighted by atomic mass is 9.79. The molecule has 1 aromatic rings. The van der Waals surface area contributed by atoms with Crippen molar-refractivity contribution in [1.82, 2.24) is 14.9 Å². The SMILES string of the molecule is Cc1cncc(OCCC2CCOC3(C2)CN(C(=O)C2=CCCC2)C3)n1. The Kier molecular flexibility index (Phi) is 4.94. The van der Waals surface area contributed by atoms with Crippen molar-refractivity contribution in [2.45, 2.75) is 51.0 Å². The topological polar surface area (TPSA) is 64.6 Å². The molecule has 2 saturated heterocycles. The summed E-state index contributed by atoms with van der Waals surface area (Å²) in [6.07, 6.45) is 11.6. The van der Waals surface area contributed by atoms with Gasteiger partial charge in [0.15, 0.2) is 0 Å². The van der Waals surface area contributed by atoms with E-state index in [1.54, 1.807) is 12.4 Å². The van der Waals surface area contributed by atoms with Crippen LogP contribution in [0.4, 0.5) is 0 Å². The van der Waals surface area contributed by atoms with Crippen LogP contribution < -0.4 is 4.74 Å². The molecule has 0 bridgehead atoms. The van der Waals surface area contributed by atoms with Crippen molar-refractivity contribution in [2.24, 2.45) is 5.92 Å². The highest BCUT2D eigenvalue weighted by Gasteiger charge is 2.49. The minimum absolute atomic E-state index is 0.124. The van der Waals surface area contributed by atoms with Gasteiger partial charge in [-0.25, -0.2) is 4.98 Å². The summed E-state index contributed by atoms with van der Waals surface area (Å²) in [6, 6.07) is 0. The highest BCUT2D eigenvalue weighted by atomic mass is 16.5. The van der Waals surface area contributed by atoms with Crippen LogP contribution in [0.25, 0.3) is 0 Å². The summed E-state index contributed by atoms with van der Waals surface area (Å²) < 4.78 is 11.8. The van der Waals surface area contributed by atoms with E-state index in [-0.39, 0.29) is 11.5 Å². The lowest BCUT2D eigenvalue weighted by Gasteiger charge is -2.53. The molecule has 140 valence electrons. The zero-order chi connectivity index (χ0) is 18.0. The van der Waals surface area contributed by atoms with E-state index < -0.39 is 0 Å². The fraction of sp³-hybridized carbons (Fsp3) is 0.650. The minimum atomic E-state index is -0.124. The molecule has 1 aromatic heterocycles. The molecule has 4 rings (SSSR count). The van der Waals surface area contributed by atoms with Gasteiger partial charge in [-0.3, -0.25) is 9.78 Å². The molecule has 0 saturated carbocycles. The predicted molar refractivity (Wildman–Crippen MR) is 96.8 cm³/mol. The van der Waals surface area contributed by atoms with Gasteiger partial charge in [-0.1, -0.05) is 6.08 Å². The summed E-state index contributed by atoms with van der Waals surface area (Å²) >= 11 is 0. The molecule has 0 radical (unpaired) electrons. The number of allylic oxidation sites excluding steroid dienone is 1. The third-order valence-electron chi connectivity index (χ3n) is 5.66. The van der Waals surface area contributed by atoms with Crippen molar-refractivity contribution >= 4 is 5.91 Å². The van der Waals surface area contributed by atoms with Crippen molar-refractivity contribution in [1.29, 1.82) is 0 Å². The maximum absolute atomic E-state index is 12.5. The fourth-order valence-corrected chi connectivity index (χ4v) is 4.30. The monoisotopic (exact) mass is 357 g/mol. The number of aromatic nitrogens is 2. The highest BCUT2D eigenvalue weighted by Crippen LogP contribution is 2.39. The molecule has 2 fully saturated rings. The molecule has 6 heteroatoms. The first-order valence-electron chi connectivity index (χ1n) is 9.67. The average molecular weight is 357 g/mol. The number of rotatable bonds is 5. The maximum atomic E-state index is 12.5. The standard InChI is InChI=1S/C20H27N3O3/c1-15-11-21-12-18(22-15)25-8-6-16-7-9-26-20(10-16)13-23(14-20)19(24)17-4-2-3-5-17/h4,11-12,16H,2-3,5-10,13-14H2,1H3. The average Bonchev–Trinajstić information content (AvgIpc) is 3.14. The first kappa shape index (κ1) is 17.5. The van der Waals surface area contributed by atoms with E-state index in [9.17, 15) is 4.79 Å². The molecule has 1 aliphatic carbocycles. The van der Waals surface area contributed by atoms with Gasteiger partial charge in [0.2, 0.25) is 11.8 Å². The van der Waals surface area contributed by atoms with Crippen LogP contribution in [-0.2, 0) is 9.53 Å². The Labute approximate surface area is 154 Å². The number of likely N-dealkylation sites (tertiary alicyclic amines) is 1. The van der Waals surface area contributed by atoms with Crippen molar-refractivity contribution in [2.75, 3.05) is 26.3 Å². The van der Waals surface area contributed by atoms with E-state index in [1.807, 2.05) is 11.8 Å². The van der Waals surface area contributed by atoms with Gasteiger partial charge in [0.1, 0.15) is 5.60 Å². The lowest BCUT2D eigenvalue weighted by molar-refractivity contribution is -0.186. The number of aryl methyl sites for hydroxylation is 1. The number of amides is 1. The van der Waals surface area contributed by atoms with Crippen LogP contribution in [0.1, 0.15) is 44.2 Å². The summed E-state index contributed by atoms with van der Waals surface area (Å²) in [5, 5.41) is 0. The van der Waals surface area contributed by atoms with Crippen molar-refractivity contribution in [3.63, 3.8) is 0 Å². The Bertz CT molecular complexity index is 697. The second kappa shape index (κ2) is 7.35. The van der Waals surface area contributed by atoms with E-state index in [0.717, 1.165) is 69.5 Å². The van der Waals surface area contributed by atoms with Crippen LogP contribution in [0.5, 0.6) is 5.88 Å². The van der Waals surface area contributed by atoms with E-state index >= 15 is 0 Å². The molecule has 1 amide bonds. The molecular weight excluding hydrogens is 330 g/mol. The predicted octanol–water partition coefficient (Wildman–Crippen LogP) is 2.67. The zero-order valence-electron chi connectivity index (χ0n) is 15.4. The number of carbonyl (C=O) groups excluding carboxylic acids is 1. The fourth-order valence-electron chi connectivity index (χ4n) is 4.30. The maximum Gasteiger partial charge on any atom is 0.249 e. The van der Waals surface area contributed by atoms with Gasteiger partial charge in [-0.15, -0.1) is 0 Å². The molecule has 3 heterocycles. The zero-order valence-corrected chi connectivity index (χ0v) is 15.4. The van der Waals surface area contributed by atoms with Crippen LogP contribution >= 0.6 is 0 Å². The summed E-state index contributed by atoms with van der Waals surface area (Å²) in [7, 11) is 0. The van der Waals surface area contributed by atoms with E-state index in [1.165, 1.54) is 0 Å². The van der Waals surface area contributed by atoms with Crippen molar-refractivity contribution < 1.29 is 14.3 Å². The second-order valence-corrected chi connectivity index (χ2v) is 7.81. The first-order chi connectivity index (χ1) is 12.6. The highest BCUT2D eigenvalue weighted by molar-refractivity contribution is 5.94. The van der Waals surface area contributed by atoms with E-state index in [0.29, 0.717) is 18.4 Å². The van der Waals surface area contributed by atoms with Gasteiger partial charge in [0.05, 0.1) is 31.6 Å². The summed E-state index contributed by atoms with van der Waals surface area (Å²) in [6.45, 7) is 4.81. The molecule has 6 nitrogen and oxygen atoms in total. The van der Waals surface area contributed by atoms with Gasteiger partial charge < -0.3 is 14.4 Å². The van der Waals surface area contributed by atoms with Gasteiger partial charge >= 0.3 is 0 Å². The van der Waals surface area contributed by atoms with E-state index in [4.69, 9.17) is 9.47 Å². The molecule has 3 aliphatic rings. The number of carbonyl (C=O) groups is 1. The van der Waals surface area contributed by atoms with Crippen LogP contribution in [0.15, 0.2) is 24.0 Å². The minimum Gasteiger partial charge on any atom is -0.477 e. The smallest absolute Gasteiger partial charge is 0.249 e. The van der Waals surface area contributed by atoms with Gasteiger partial charge in [0.25, 0.3) is 0 Å². The largest absolute Gasteiger partial charge is 0.477 e. The normalized spacial score (nSPS) is 24.3. The van der Waals surface area contributed by atoms with Gasteiger partial charge in [-0.05, 0) is 51.4 Å². The number of nitrogens with zero attached hydrogens (tertiary/aromatic N) is 3. The Morgan fingerprint density at radius 3 is 3.08 bits per heavy atom. The molecule has 1 atom stereocenters. The van der Waals surface area contributed by atoms with Gasteiger partial charge in [0, 0.05) is 18.4 Å². The Hall–Kier alpha value is -1.95. The van der Waals surface area contributed by atoms with Crippen LogP contribution in [0.2, 0.25) is 0 Å². The Balaban J connectivity index is 1.24. The van der Waals surface area contributed by atoms with Crippen molar-refractivity contribution in [3.05, 3.63) is 29.7 Å². The lowest BCUT2D eigenvalue weighted by Crippen LogP contribution is -2.66. The number of hydrogen-bond acceptors (Lipinski definition) is 5. The summed E-state index contributed by atoms with van der Waals surface area (Å²) in [5.74, 6) is 1.39. The molecule has 1 spiro atoms. The van der Waals surface area contributed by atoms with E-state index in [2.05, 4.69) is 16.0 Å². The second-order valence-electron chi connectivity index (χ2n) is 7.81. The van der Waals surface area contributed by atoms with Crippen LogP contribution in [0, 0.1) is 12.8 Å². The Morgan fingerprint density at radius 1 is 1.42 bits per heavy atom. The first-order valence-corrected chi connectivity index (χ1v) is 9.67. The molecule has 0 aromatic carbocycles. The molecular formula is C20H27N3O3. The molecule has 26 heavy (non-hydrogen) atoms. The molecule has 0 N–H and O–H groups in total. The number of hydrogen-bond donors (Lipinski definition) is 0. The van der Waals surface area contributed by atoms with Crippen LogP contribution in [0.3, 0.4) is 0 Å². The molecule has 1 unspecified atom stereocenters. The number of ether oxygens (including phenoxy) is 2. The Morgan fingerprint density at radius 2 is 2.31 bits per heavy atom. The van der Waals surface area contributed by atoms with Gasteiger partial charge in [-0.2, -0.15) is 0 Å². The van der Waals surface area contributed by atoms with Crippen LogP contribution in [-0.4, -0.2) is 52.7 Å². The third kappa shape index (κ3) is 3.75. The quantitative estimate of drug-likeness (QED) is 0.811. The summed E-state index contributed by atoms with van der Waals surface area (Å²) in [5.41, 5.74) is 1.74. The third-order valence-corrected chi connectivity index (χ3v) is 5.66.